The number of carbonyl (C=O) groups is 2. The molecule has 10 heteroatoms. The van der Waals surface area contributed by atoms with Gasteiger partial charge in [-0.25, -0.2) is 4.79 Å². The van der Waals surface area contributed by atoms with Crippen LogP contribution in [0, 0.1) is 5.92 Å². The topological polar surface area (TPSA) is 115 Å². The fraction of sp³-hybridized carbons (Fsp3) is 0.444. The van der Waals surface area contributed by atoms with Crippen molar-refractivity contribution in [2.45, 2.75) is 63.9 Å². The molecule has 0 saturated carbocycles. The third-order valence-corrected chi connectivity index (χ3v) is 9.69. The van der Waals surface area contributed by atoms with Crippen LogP contribution < -0.4 is 20.9 Å². The Morgan fingerprint density at radius 1 is 0.935 bits per heavy atom. The number of likely N-dealkylation sites (tertiary alicyclic amines) is 1. The van der Waals surface area contributed by atoms with Gasteiger partial charge in [-0.2, -0.15) is 0 Å². The average Bonchev–Trinajstić information content (AvgIpc) is 3.41. The summed E-state index contributed by atoms with van der Waals surface area (Å²) in [7, 11) is 0. The van der Waals surface area contributed by atoms with Gasteiger partial charge in [-0.1, -0.05) is 73.7 Å². The minimum Gasteiger partial charge on any atom is -0.392 e. The molecule has 46 heavy (non-hydrogen) atoms. The highest BCUT2D eigenvalue weighted by molar-refractivity contribution is 5.93. The van der Waals surface area contributed by atoms with E-state index in [2.05, 4.69) is 44.8 Å². The molecule has 4 N–H and O–H groups in total. The molecule has 3 heterocycles. The number of nitrogens with zero attached hydrogens (tertiary/aromatic N) is 2. The summed E-state index contributed by atoms with van der Waals surface area (Å²) in [5.41, 5.74) is 4.33. The van der Waals surface area contributed by atoms with E-state index in [0.29, 0.717) is 19.8 Å². The first-order valence-electron chi connectivity index (χ1n) is 16.3. The first-order chi connectivity index (χ1) is 22.4. The Kier molecular flexibility index (Phi) is 9.89. The van der Waals surface area contributed by atoms with Crippen LogP contribution in [0.25, 0.3) is 0 Å². The maximum Gasteiger partial charge on any atom is 0.315 e. The van der Waals surface area contributed by atoms with Gasteiger partial charge in [0.1, 0.15) is 5.54 Å². The van der Waals surface area contributed by atoms with Gasteiger partial charge in [-0.05, 0) is 48.6 Å². The molecular formula is C36H45N5O5. The Morgan fingerprint density at radius 3 is 2.28 bits per heavy atom. The summed E-state index contributed by atoms with van der Waals surface area (Å²) in [6, 6.07) is 25.9. The number of anilines is 1. The zero-order valence-electron chi connectivity index (χ0n) is 26.7. The van der Waals surface area contributed by atoms with E-state index in [9.17, 15) is 14.7 Å². The number of ether oxygens (including phenoxy) is 2. The molecule has 0 unspecified atom stereocenters. The van der Waals surface area contributed by atoms with Gasteiger partial charge in [0.2, 0.25) is 5.91 Å². The minimum absolute atomic E-state index is 0.00674. The lowest BCUT2D eigenvalue weighted by Crippen LogP contribution is -2.57. The summed E-state index contributed by atoms with van der Waals surface area (Å²) in [6.07, 6.45) is 0.594. The standard InChI is InChI=1S/C36H45N5O5/c1-3-37-35(44)38-21-26-9-15-29(16-10-26)33-45-31(25(2)32(46-33)28-13-11-27(23-42)12-14-28)22-40-19-17-36(18-20-40)34(43)39-24-41(36)30-7-5-4-6-8-30/h4-16,25,31-33,42H,3,17-24H2,1-2H3,(H,39,43)(H2,37,38,44)/t25-,31+,32+,33+/m0/s1. The van der Waals surface area contributed by atoms with Crippen LogP contribution in [0.1, 0.15) is 61.3 Å². The highest BCUT2D eigenvalue weighted by Gasteiger charge is 2.51. The van der Waals surface area contributed by atoms with Gasteiger partial charge in [-0.3, -0.25) is 4.79 Å². The predicted molar refractivity (Wildman–Crippen MR) is 176 cm³/mol. The number of amides is 3. The van der Waals surface area contributed by atoms with E-state index < -0.39 is 11.8 Å². The Hall–Kier alpha value is -3.96. The van der Waals surface area contributed by atoms with Crippen molar-refractivity contribution in [1.29, 1.82) is 0 Å². The number of benzene rings is 3. The molecule has 1 spiro atoms. The highest BCUT2D eigenvalue weighted by Crippen LogP contribution is 2.43. The molecule has 3 fully saturated rings. The molecule has 3 aromatic rings. The number of para-hydroxylation sites is 1. The number of hydrogen-bond acceptors (Lipinski definition) is 7. The summed E-state index contributed by atoms with van der Waals surface area (Å²) in [6.45, 7) is 7.89. The van der Waals surface area contributed by atoms with Crippen LogP contribution >= 0.6 is 0 Å². The van der Waals surface area contributed by atoms with Gasteiger partial charge < -0.3 is 40.3 Å². The van der Waals surface area contributed by atoms with Crippen LogP contribution in [0.5, 0.6) is 0 Å². The van der Waals surface area contributed by atoms with Crippen molar-refractivity contribution in [2.24, 2.45) is 5.92 Å². The van der Waals surface area contributed by atoms with Crippen molar-refractivity contribution in [1.82, 2.24) is 20.9 Å². The summed E-state index contributed by atoms with van der Waals surface area (Å²) in [5.74, 6) is 0.172. The van der Waals surface area contributed by atoms with Crippen LogP contribution in [0.3, 0.4) is 0 Å². The molecule has 3 aliphatic rings. The second-order valence-electron chi connectivity index (χ2n) is 12.5. The Bertz CT molecular complexity index is 1460. The maximum absolute atomic E-state index is 13.2. The first kappa shape index (κ1) is 32.0. The lowest BCUT2D eigenvalue weighted by molar-refractivity contribution is -0.276. The van der Waals surface area contributed by atoms with Crippen molar-refractivity contribution >= 4 is 17.6 Å². The van der Waals surface area contributed by atoms with E-state index in [4.69, 9.17) is 9.47 Å². The van der Waals surface area contributed by atoms with Gasteiger partial charge in [0.15, 0.2) is 6.29 Å². The van der Waals surface area contributed by atoms with E-state index in [0.717, 1.165) is 60.4 Å². The number of aliphatic hydroxyl groups excluding tert-OH is 1. The van der Waals surface area contributed by atoms with Crippen LogP contribution in [0.4, 0.5) is 10.5 Å². The van der Waals surface area contributed by atoms with Crippen LogP contribution in [-0.2, 0) is 27.4 Å². The van der Waals surface area contributed by atoms with E-state index in [1.165, 1.54) is 0 Å². The fourth-order valence-corrected chi connectivity index (χ4v) is 6.92. The lowest BCUT2D eigenvalue weighted by atomic mass is 9.84. The number of hydrogen-bond donors (Lipinski definition) is 4. The molecule has 10 nitrogen and oxygen atoms in total. The molecule has 6 rings (SSSR count). The molecule has 0 aromatic heterocycles. The van der Waals surface area contributed by atoms with E-state index in [1.54, 1.807) is 0 Å². The summed E-state index contributed by atoms with van der Waals surface area (Å²) >= 11 is 0. The van der Waals surface area contributed by atoms with Gasteiger partial charge >= 0.3 is 6.03 Å². The van der Waals surface area contributed by atoms with Crippen molar-refractivity contribution in [3.8, 4) is 0 Å². The molecule has 3 aromatic carbocycles. The zero-order chi connectivity index (χ0) is 32.1. The predicted octanol–water partition coefficient (Wildman–Crippen LogP) is 4.22. The number of rotatable bonds is 9. The van der Waals surface area contributed by atoms with E-state index >= 15 is 0 Å². The van der Waals surface area contributed by atoms with Gasteiger partial charge in [0.05, 0.1) is 25.5 Å². The second-order valence-corrected chi connectivity index (χ2v) is 12.5. The average molecular weight is 628 g/mol. The van der Waals surface area contributed by atoms with Crippen molar-refractivity contribution < 1.29 is 24.2 Å². The Morgan fingerprint density at radius 2 is 1.61 bits per heavy atom. The van der Waals surface area contributed by atoms with Gasteiger partial charge in [-0.15, -0.1) is 0 Å². The second kappa shape index (κ2) is 14.2. The van der Waals surface area contributed by atoms with Crippen molar-refractivity contribution in [2.75, 3.05) is 37.7 Å². The van der Waals surface area contributed by atoms with Crippen LogP contribution in [0.2, 0.25) is 0 Å². The van der Waals surface area contributed by atoms with E-state index in [1.807, 2.05) is 73.7 Å². The van der Waals surface area contributed by atoms with Crippen molar-refractivity contribution in [3.63, 3.8) is 0 Å². The first-order valence-corrected chi connectivity index (χ1v) is 16.3. The Balaban J connectivity index is 1.17. The monoisotopic (exact) mass is 627 g/mol. The van der Waals surface area contributed by atoms with Gasteiger partial charge in [0, 0.05) is 49.9 Å². The number of nitrogens with one attached hydrogen (secondary N) is 3. The molecule has 3 saturated heterocycles. The molecule has 0 aliphatic carbocycles. The molecular weight excluding hydrogens is 582 g/mol. The normalized spacial score (nSPS) is 24.5. The molecule has 3 amide bonds. The third kappa shape index (κ3) is 6.76. The molecule has 0 bridgehead atoms. The maximum atomic E-state index is 13.2. The number of urea groups is 1. The highest BCUT2D eigenvalue weighted by atomic mass is 16.7. The molecule has 0 radical (unpaired) electrons. The summed E-state index contributed by atoms with van der Waals surface area (Å²) in [5, 5.41) is 18.3. The van der Waals surface area contributed by atoms with Crippen LogP contribution in [-0.4, -0.2) is 66.4 Å². The number of aliphatic hydroxyl groups is 1. The molecule has 244 valence electrons. The lowest BCUT2D eigenvalue weighted by Gasteiger charge is -2.46. The SMILES string of the molecule is CCNC(=O)NCc1ccc([C@@H]2O[C@H](CN3CCC4(CC3)C(=O)NCN4c3ccccc3)[C@H](C)[C@H](c3ccc(CO)cc3)O2)cc1. The van der Waals surface area contributed by atoms with E-state index in [-0.39, 0.29) is 36.7 Å². The zero-order valence-corrected chi connectivity index (χ0v) is 26.7. The fourth-order valence-electron chi connectivity index (χ4n) is 6.92. The summed E-state index contributed by atoms with van der Waals surface area (Å²) in [4.78, 5) is 29.7. The van der Waals surface area contributed by atoms with Crippen LogP contribution in [0.15, 0.2) is 78.9 Å². The van der Waals surface area contributed by atoms with Gasteiger partial charge in [0.25, 0.3) is 0 Å². The summed E-state index contributed by atoms with van der Waals surface area (Å²) < 4.78 is 13.4. The molecule has 3 aliphatic heterocycles. The smallest absolute Gasteiger partial charge is 0.315 e. The largest absolute Gasteiger partial charge is 0.392 e. The number of piperidine rings is 1. The molecule has 4 atom stereocenters. The van der Waals surface area contributed by atoms with Crippen molar-refractivity contribution in [3.05, 3.63) is 101 Å². The third-order valence-electron chi connectivity index (χ3n) is 9.69. The number of carbonyl (C=O) groups excluding carboxylic acids is 2. The quantitative estimate of drug-likeness (QED) is 0.281. The minimum atomic E-state index is -0.570. The Labute approximate surface area is 271 Å².